The Kier molecular flexibility index (Phi) is 23.4. The molecule has 1 amide bonds. The molecular formula is C63H63Cl2F6N11O9S2. The fourth-order valence-corrected chi connectivity index (χ4v) is 11.6. The minimum Gasteiger partial charge on any atom is -0.465 e. The van der Waals surface area contributed by atoms with Crippen LogP contribution in [0, 0.1) is 13.8 Å². The summed E-state index contributed by atoms with van der Waals surface area (Å²) in [5, 5.41) is 15.1. The molecule has 93 heavy (non-hydrogen) atoms. The standard InChI is InChI=1S/C34H33ClF3N5O5S.C29H25ClF3N5O3S.H3N.H2O/c1-6-46-31(44)25(41-32(45)48-33(3,4)5)15-20-7-9-21(10-8-20)24-17-49-28-27(24)39-18-40-30(28)47-29(34(36,37)38)23-12-11-22(35)16-26(23)43-14-13-19(2)42-43;1-3-40-28(39)22(34)12-17-4-6-18(7-5-17)21-14-42-25-24(21)35-15-36-27(25)41-26(29(31,32)33)20-9-8-19(30)13-23(20)38-11-10-16(2)37-38;;/h7-14,16-18,25,29H,6,15H2,1-5H3,(H,41,45);4-11,13-15,22,26H,3,12,34H2,1-2H3;1H3;1H2/t25-,29+;22-,26+;;/m00../s1. The maximum atomic E-state index is 14.6. The average Bonchev–Trinajstić information content (AvgIpc) is 1.76. The molecule has 0 saturated carbocycles. The number of thiophene rings is 2. The molecular weight excluding hydrogens is 1300 g/mol. The number of alkyl carbamates (subject to hydrolysis) is 1. The third kappa shape index (κ3) is 17.7. The minimum absolute atomic E-state index is 0. The summed E-state index contributed by atoms with van der Waals surface area (Å²) < 4.78 is 118. The number of halogens is 8. The summed E-state index contributed by atoms with van der Waals surface area (Å²) in [5.41, 5.74) is 11.5. The third-order valence-electron chi connectivity index (χ3n) is 13.5. The van der Waals surface area contributed by atoms with Crippen LogP contribution in [-0.2, 0) is 36.6 Å². The van der Waals surface area contributed by atoms with Crippen molar-refractivity contribution in [1.82, 2.24) is 51.0 Å². The molecule has 4 atom stereocenters. The Labute approximate surface area is 546 Å². The number of rotatable bonds is 19. The zero-order valence-corrected chi connectivity index (χ0v) is 54.0. The average molecular weight is 1370 g/mol. The van der Waals surface area contributed by atoms with Gasteiger partial charge in [0.2, 0.25) is 24.0 Å². The molecule has 0 aliphatic rings. The molecule has 0 aliphatic heterocycles. The lowest BCUT2D eigenvalue weighted by atomic mass is 10.0. The van der Waals surface area contributed by atoms with Crippen LogP contribution in [0.3, 0.4) is 0 Å². The molecule has 30 heteroatoms. The Balaban J connectivity index is 0.000000261. The number of alkyl halides is 6. The molecule has 0 fully saturated rings. The van der Waals surface area contributed by atoms with Crippen LogP contribution in [0.5, 0.6) is 11.8 Å². The zero-order valence-electron chi connectivity index (χ0n) is 50.8. The van der Waals surface area contributed by atoms with E-state index in [9.17, 15) is 40.7 Å². The first-order chi connectivity index (χ1) is 43.2. The molecule has 10 rings (SSSR count). The van der Waals surface area contributed by atoms with Gasteiger partial charge in [-0.2, -0.15) is 36.5 Å². The topological polar surface area (TPSA) is 289 Å². The van der Waals surface area contributed by atoms with Crippen molar-refractivity contribution in [2.45, 2.75) is 104 Å². The molecule has 20 nitrogen and oxygen atoms in total. The molecule has 8 N–H and O–H groups in total. The van der Waals surface area contributed by atoms with Crippen molar-refractivity contribution in [3.05, 3.63) is 177 Å². The first kappa shape index (κ1) is 71.7. The van der Waals surface area contributed by atoms with Gasteiger partial charge in [0.15, 0.2) is 0 Å². The molecule has 10 aromatic rings. The van der Waals surface area contributed by atoms with E-state index in [2.05, 4.69) is 35.5 Å². The van der Waals surface area contributed by atoms with E-state index in [1.165, 1.54) is 63.4 Å². The summed E-state index contributed by atoms with van der Waals surface area (Å²) >= 11 is 14.6. The monoisotopic (exact) mass is 1370 g/mol. The molecule has 6 aromatic heterocycles. The van der Waals surface area contributed by atoms with Crippen molar-refractivity contribution in [3.63, 3.8) is 0 Å². The van der Waals surface area contributed by atoms with E-state index >= 15 is 0 Å². The number of nitrogens with two attached hydrogens (primary N) is 1. The molecule has 0 saturated heterocycles. The minimum atomic E-state index is -4.82. The fraction of sp³-hybridized carbons (Fsp3) is 0.286. The van der Waals surface area contributed by atoms with Gasteiger partial charge >= 0.3 is 30.4 Å². The number of hydrogen-bond donors (Lipinski definition) is 3. The van der Waals surface area contributed by atoms with Gasteiger partial charge in [-0.1, -0.05) is 83.9 Å². The molecule has 0 spiro atoms. The van der Waals surface area contributed by atoms with Crippen LogP contribution in [0.25, 0.3) is 54.1 Å². The number of amides is 1. The SMILES string of the molecule is CCOC(=O)[C@@H](N)Cc1ccc(-c2csc3c(O[C@H](c4ccc(Cl)cc4-n4ccc(C)n4)C(F)(F)F)ncnc23)cc1.CCOC(=O)[C@H](Cc1ccc(-c2csc3c(O[C@H](c4ccc(Cl)cc4-n4ccc(C)n4)C(F)(F)F)ncnc23)cc1)NC(=O)OC(C)(C)C.N.O. The van der Waals surface area contributed by atoms with Crippen molar-refractivity contribution in [2.75, 3.05) is 13.2 Å². The highest BCUT2D eigenvalue weighted by Gasteiger charge is 2.47. The Morgan fingerprint density at radius 2 is 1.03 bits per heavy atom. The Hall–Kier alpha value is -8.77. The summed E-state index contributed by atoms with van der Waals surface area (Å²) in [4.78, 5) is 53.7. The fourth-order valence-electron chi connectivity index (χ4n) is 9.39. The second kappa shape index (κ2) is 30.3. The van der Waals surface area contributed by atoms with Gasteiger partial charge in [0.25, 0.3) is 0 Å². The van der Waals surface area contributed by atoms with Crippen LogP contribution in [-0.4, -0.2) is 106 Å². The lowest BCUT2D eigenvalue weighted by molar-refractivity contribution is -0.198. The zero-order chi connectivity index (χ0) is 65.5. The van der Waals surface area contributed by atoms with Crippen molar-refractivity contribution >= 4 is 84.3 Å². The summed E-state index contributed by atoms with van der Waals surface area (Å²) in [6, 6.07) is 24.1. The van der Waals surface area contributed by atoms with E-state index in [0.29, 0.717) is 54.9 Å². The summed E-state index contributed by atoms with van der Waals surface area (Å²) in [6.45, 7) is 12.4. The van der Waals surface area contributed by atoms with Crippen LogP contribution in [0.1, 0.15) is 80.5 Å². The molecule has 6 heterocycles. The lowest BCUT2D eigenvalue weighted by Crippen LogP contribution is -2.45. The van der Waals surface area contributed by atoms with E-state index in [-0.39, 0.29) is 75.6 Å². The van der Waals surface area contributed by atoms with Gasteiger partial charge in [0.1, 0.15) is 39.7 Å². The maximum absolute atomic E-state index is 14.6. The highest BCUT2D eigenvalue weighted by atomic mass is 35.5. The summed E-state index contributed by atoms with van der Waals surface area (Å²) in [5.74, 6) is -1.51. The molecule has 492 valence electrons. The van der Waals surface area contributed by atoms with E-state index in [1.807, 2.05) is 24.3 Å². The number of aromatic nitrogens is 8. The van der Waals surface area contributed by atoms with Crippen LogP contribution < -0.4 is 26.7 Å². The highest BCUT2D eigenvalue weighted by molar-refractivity contribution is 7.18. The van der Waals surface area contributed by atoms with Crippen LogP contribution in [0.2, 0.25) is 10.0 Å². The van der Waals surface area contributed by atoms with Gasteiger partial charge in [-0.25, -0.2) is 38.9 Å². The Morgan fingerprint density at radius 1 is 0.613 bits per heavy atom. The Morgan fingerprint density at radius 3 is 1.42 bits per heavy atom. The summed E-state index contributed by atoms with van der Waals surface area (Å²) in [7, 11) is 0. The number of carbonyl (C=O) groups is 3. The number of nitrogens with zero attached hydrogens (tertiary/aromatic N) is 8. The van der Waals surface area contributed by atoms with E-state index in [4.69, 9.17) is 52.6 Å². The van der Waals surface area contributed by atoms with Crippen molar-refractivity contribution < 1.29 is 69.9 Å². The third-order valence-corrected chi connectivity index (χ3v) is 15.8. The van der Waals surface area contributed by atoms with E-state index in [1.54, 1.807) is 108 Å². The molecule has 0 bridgehead atoms. The predicted octanol–water partition coefficient (Wildman–Crippen LogP) is 14.1. The van der Waals surface area contributed by atoms with Crippen molar-refractivity contribution in [1.29, 1.82) is 0 Å². The number of ether oxygens (including phenoxy) is 5. The summed E-state index contributed by atoms with van der Waals surface area (Å²) in [6.07, 6.45) is -9.25. The molecule has 0 radical (unpaired) electrons. The number of carbonyl (C=O) groups excluding carboxylic acids is 3. The number of hydrogen-bond acceptors (Lipinski definition) is 18. The first-order valence-electron chi connectivity index (χ1n) is 28.0. The van der Waals surface area contributed by atoms with Crippen LogP contribution >= 0.6 is 45.9 Å². The second-order valence-corrected chi connectivity index (χ2v) is 24.0. The number of nitrogens with one attached hydrogen (secondary N) is 1. The molecule has 0 aliphatic carbocycles. The van der Waals surface area contributed by atoms with Crippen LogP contribution in [0.15, 0.2) is 133 Å². The van der Waals surface area contributed by atoms with E-state index in [0.717, 1.165) is 34.4 Å². The van der Waals surface area contributed by atoms with Crippen molar-refractivity contribution in [3.8, 4) is 45.4 Å². The lowest BCUT2D eigenvalue weighted by Gasteiger charge is -2.24. The molecule has 0 unspecified atom stereocenters. The smallest absolute Gasteiger partial charge is 0.429 e. The van der Waals surface area contributed by atoms with E-state index < -0.39 is 60.3 Å². The van der Waals surface area contributed by atoms with Gasteiger partial charge in [-0.3, -0.25) is 4.79 Å². The Bertz CT molecular complexity index is 4220. The highest BCUT2D eigenvalue weighted by Crippen LogP contribution is 2.46. The van der Waals surface area contributed by atoms with Gasteiger partial charge < -0.3 is 46.4 Å². The normalized spacial score (nSPS) is 12.9. The first-order valence-corrected chi connectivity index (χ1v) is 30.5. The van der Waals surface area contributed by atoms with Gasteiger partial charge in [0.05, 0.1) is 47.0 Å². The number of esters is 2. The maximum Gasteiger partial charge on any atom is 0.429 e. The second-order valence-electron chi connectivity index (χ2n) is 21.4. The van der Waals surface area contributed by atoms with Gasteiger partial charge in [-0.05, 0) is 114 Å². The quantitative estimate of drug-likeness (QED) is 0.0385. The van der Waals surface area contributed by atoms with Gasteiger partial charge in [0, 0.05) is 61.9 Å². The number of fused-ring (bicyclic) bond motifs is 2. The van der Waals surface area contributed by atoms with Gasteiger partial charge in [-0.15, -0.1) is 22.7 Å². The van der Waals surface area contributed by atoms with Crippen molar-refractivity contribution in [2.24, 2.45) is 5.73 Å². The largest absolute Gasteiger partial charge is 0.465 e. The number of benzene rings is 4. The predicted molar refractivity (Wildman–Crippen MR) is 342 cm³/mol. The van der Waals surface area contributed by atoms with Crippen LogP contribution in [0.4, 0.5) is 31.1 Å². The number of aryl methyl sites for hydroxylation is 2. The molecule has 4 aromatic carbocycles.